The van der Waals surface area contributed by atoms with Crippen LogP contribution in [0, 0.1) is 0 Å². The van der Waals surface area contributed by atoms with Crippen LogP contribution < -0.4 is 11.3 Å². The molecule has 1 aliphatic carbocycles. The Balaban J connectivity index is 2.23. The second-order valence-corrected chi connectivity index (χ2v) is 5.86. The standard InChI is InChI=1S/C13H17BrClN3/c14-9-6-7-11(12(15)8-9)13(18-16)17-10-4-2-1-3-5-10/h6-8,10H,1-5,16H2,(H,17,18). The Kier molecular flexibility index (Phi) is 5.03. The highest BCUT2D eigenvalue weighted by atomic mass is 79.9. The molecule has 1 aliphatic rings. The summed E-state index contributed by atoms with van der Waals surface area (Å²) in [4.78, 5) is 4.70. The molecule has 2 rings (SSSR count). The highest BCUT2D eigenvalue weighted by Gasteiger charge is 2.15. The van der Waals surface area contributed by atoms with Crippen molar-refractivity contribution in [2.75, 3.05) is 0 Å². The van der Waals surface area contributed by atoms with Gasteiger partial charge in [-0.1, -0.05) is 46.8 Å². The fourth-order valence-electron chi connectivity index (χ4n) is 2.26. The summed E-state index contributed by atoms with van der Waals surface area (Å²) in [6.45, 7) is 0. The number of hydrogen-bond donors (Lipinski definition) is 2. The molecule has 0 radical (unpaired) electrons. The number of benzene rings is 1. The maximum atomic E-state index is 6.21. The molecule has 1 fully saturated rings. The third-order valence-electron chi connectivity index (χ3n) is 3.21. The minimum Gasteiger partial charge on any atom is -0.308 e. The third-order valence-corrected chi connectivity index (χ3v) is 4.02. The fraction of sp³-hybridized carbons (Fsp3) is 0.462. The lowest BCUT2D eigenvalue weighted by molar-refractivity contribution is 0.442. The lowest BCUT2D eigenvalue weighted by Gasteiger charge is -2.19. The molecular formula is C13H17BrClN3. The Labute approximate surface area is 121 Å². The zero-order chi connectivity index (χ0) is 13.0. The molecule has 0 saturated heterocycles. The first-order chi connectivity index (χ1) is 8.70. The van der Waals surface area contributed by atoms with E-state index in [-0.39, 0.29) is 0 Å². The molecule has 5 heteroatoms. The Hall–Kier alpha value is -0.580. The van der Waals surface area contributed by atoms with Crippen LogP contribution >= 0.6 is 27.5 Å². The van der Waals surface area contributed by atoms with E-state index < -0.39 is 0 Å². The smallest absolute Gasteiger partial charge is 0.144 e. The van der Waals surface area contributed by atoms with Gasteiger partial charge in [0, 0.05) is 10.0 Å². The van der Waals surface area contributed by atoms with E-state index in [2.05, 4.69) is 21.4 Å². The predicted molar refractivity (Wildman–Crippen MR) is 79.9 cm³/mol. The zero-order valence-electron chi connectivity index (χ0n) is 10.1. The molecule has 0 aliphatic heterocycles. The Morgan fingerprint density at radius 2 is 2.06 bits per heavy atom. The van der Waals surface area contributed by atoms with Crippen LogP contribution in [0.25, 0.3) is 0 Å². The molecule has 98 valence electrons. The van der Waals surface area contributed by atoms with Crippen molar-refractivity contribution >= 4 is 33.4 Å². The quantitative estimate of drug-likeness (QED) is 0.376. The van der Waals surface area contributed by atoms with Gasteiger partial charge in [-0.15, -0.1) is 0 Å². The molecule has 3 N–H and O–H groups in total. The molecule has 1 aromatic rings. The van der Waals surface area contributed by atoms with Crippen molar-refractivity contribution in [3.63, 3.8) is 0 Å². The highest BCUT2D eigenvalue weighted by molar-refractivity contribution is 9.10. The molecule has 1 aromatic carbocycles. The van der Waals surface area contributed by atoms with Crippen LogP contribution in [-0.4, -0.2) is 11.9 Å². The van der Waals surface area contributed by atoms with Crippen molar-refractivity contribution in [1.82, 2.24) is 5.43 Å². The van der Waals surface area contributed by atoms with Gasteiger partial charge in [-0.2, -0.15) is 0 Å². The summed E-state index contributed by atoms with van der Waals surface area (Å²) in [5.74, 6) is 6.26. The summed E-state index contributed by atoms with van der Waals surface area (Å²) in [6.07, 6.45) is 6.09. The van der Waals surface area contributed by atoms with Gasteiger partial charge in [0.2, 0.25) is 0 Å². The molecule has 1 saturated carbocycles. The van der Waals surface area contributed by atoms with Gasteiger partial charge in [-0.3, -0.25) is 4.99 Å². The van der Waals surface area contributed by atoms with Gasteiger partial charge in [0.1, 0.15) is 5.84 Å². The van der Waals surface area contributed by atoms with E-state index in [4.69, 9.17) is 22.4 Å². The summed E-state index contributed by atoms with van der Waals surface area (Å²) < 4.78 is 0.949. The largest absolute Gasteiger partial charge is 0.308 e. The first kappa shape index (κ1) is 13.8. The van der Waals surface area contributed by atoms with Crippen LogP contribution in [0.2, 0.25) is 5.02 Å². The van der Waals surface area contributed by atoms with Crippen molar-refractivity contribution in [3.8, 4) is 0 Å². The zero-order valence-corrected chi connectivity index (χ0v) is 12.5. The van der Waals surface area contributed by atoms with Crippen molar-refractivity contribution in [2.24, 2.45) is 10.8 Å². The molecule has 0 aromatic heterocycles. The van der Waals surface area contributed by atoms with Gasteiger partial charge in [-0.25, -0.2) is 5.84 Å². The summed E-state index contributed by atoms with van der Waals surface area (Å²) in [6, 6.07) is 6.08. The van der Waals surface area contributed by atoms with E-state index in [1.54, 1.807) is 0 Å². The average Bonchev–Trinajstić information content (AvgIpc) is 2.38. The molecule has 0 atom stereocenters. The van der Waals surface area contributed by atoms with E-state index in [9.17, 15) is 0 Å². The maximum Gasteiger partial charge on any atom is 0.144 e. The highest BCUT2D eigenvalue weighted by Crippen LogP contribution is 2.24. The Morgan fingerprint density at radius 3 is 2.67 bits per heavy atom. The summed E-state index contributed by atoms with van der Waals surface area (Å²) in [5, 5.41) is 0.650. The van der Waals surface area contributed by atoms with Gasteiger partial charge in [0.15, 0.2) is 0 Å². The van der Waals surface area contributed by atoms with Gasteiger partial charge in [0.25, 0.3) is 0 Å². The van der Waals surface area contributed by atoms with Crippen LogP contribution in [0.1, 0.15) is 37.7 Å². The van der Waals surface area contributed by atoms with Gasteiger partial charge < -0.3 is 5.43 Å². The van der Waals surface area contributed by atoms with E-state index >= 15 is 0 Å². The molecule has 0 unspecified atom stereocenters. The summed E-state index contributed by atoms with van der Waals surface area (Å²) in [5.41, 5.74) is 3.53. The number of nitrogens with one attached hydrogen (secondary N) is 1. The lowest BCUT2D eigenvalue weighted by Crippen LogP contribution is -2.33. The van der Waals surface area contributed by atoms with E-state index in [1.807, 2.05) is 18.2 Å². The fourth-order valence-corrected chi connectivity index (χ4v) is 3.02. The van der Waals surface area contributed by atoms with E-state index in [0.29, 0.717) is 16.9 Å². The van der Waals surface area contributed by atoms with Crippen LogP contribution in [0.15, 0.2) is 27.7 Å². The minimum absolute atomic E-state index is 0.365. The first-order valence-corrected chi connectivity index (χ1v) is 7.37. The summed E-state index contributed by atoms with van der Waals surface area (Å²) in [7, 11) is 0. The predicted octanol–water partition coefficient (Wildman–Crippen LogP) is 3.65. The van der Waals surface area contributed by atoms with E-state index in [1.165, 1.54) is 19.3 Å². The second-order valence-electron chi connectivity index (χ2n) is 4.54. The van der Waals surface area contributed by atoms with Crippen LogP contribution in [0.3, 0.4) is 0 Å². The molecule has 0 bridgehead atoms. The van der Waals surface area contributed by atoms with Crippen molar-refractivity contribution < 1.29 is 0 Å². The molecule has 0 heterocycles. The van der Waals surface area contributed by atoms with Crippen molar-refractivity contribution in [3.05, 3.63) is 33.3 Å². The minimum atomic E-state index is 0.365. The number of hydrogen-bond acceptors (Lipinski definition) is 2. The number of halogens is 2. The number of nitrogens with two attached hydrogens (primary N) is 1. The average molecular weight is 331 g/mol. The molecule has 0 amide bonds. The lowest BCUT2D eigenvalue weighted by atomic mass is 9.96. The van der Waals surface area contributed by atoms with Crippen LogP contribution in [0.4, 0.5) is 0 Å². The maximum absolute atomic E-state index is 6.21. The Morgan fingerprint density at radius 1 is 1.33 bits per heavy atom. The van der Waals surface area contributed by atoms with Gasteiger partial charge in [-0.05, 0) is 31.0 Å². The molecular weight excluding hydrogens is 314 g/mol. The van der Waals surface area contributed by atoms with Crippen molar-refractivity contribution in [1.29, 1.82) is 0 Å². The van der Waals surface area contributed by atoms with Crippen LogP contribution in [0.5, 0.6) is 0 Å². The third kappa shape index (κ3) is 3.46. The summed E-state index contributed by atoms with van der Waals surface area (Å²) >= 11 is 9.60. The first-order valence-electron chi connectivity index (χ1n) is 6.20. The number of nitrogens with zero attached hydrogens (tertiary/aromatic N) is 1. The number of hydrazine groups is 1. The second kappa shape index (κ2) is 6.55. The van der Waals surface area contributed by atoms with Crippen LogP contribution in [-0.2, 0) is 0 Å². The Bertz CT molecular complexity index is 442. The van der Waals surface area contributed by atoms with Gasteiger partial charge >= 0.3 is 0 Å². The number of amidine groups is 1. The van der Waals surface area contributed by atoms with Crippen molar-refractivity contribution in [2.45, 2.75) is 38.1 Å². The molecule has 3 nitrogen and oxygen atoms in total. The monoisotopic (exact) mass is 329 g/mol. The topological polar surface area (TPSA) is 50.4 Å². The number of rotatable bonds is 2. The van der Waals surface area contributed by atoms with Gasteiger partial charge in [0.05, 0.1) is 11.1 Å². The number of aliphatic imine (C=N–C) groups is 1. The normalized spacial score (nSPS) is 17.8. The van der Waals surface area contributed by atoms with E-state index in [0.717, 1.165) is 22.9 Å². The molecule has 18 heavy (non-hydrogen) atoms. The SMILES string of the molecule is NNC(=NC1CCCCC1)c1ccc(Br)cc1Cl. The molecule has 0 spiro atoms.